The van der Waals surface area contributed by atoms with Crippen LogP contribution in [0.4, 0.5) is 5.82 Å². The number of carbonyl (C=O) groups excluding carboxylic acids is 1. The third kappa shape index (κ3) is 2.68. The molecule has 3 rings (SSSR count). The molecule has 2 aliphatic rings. The molecule has 102 valence electrons. The van der Waals surface area contributed by atoms with Gasteiger partial charge in [0.1, 0.15) is 17.8 Å². The van der Waals surface area contributed by atoms with Crippen LogP contribution in [-0.4, -0.2) is 60.2 Å². The van der Waals surface area contributed by atoms with Gasteiger partial charge in [-0.1, -0.05) is 0 Å². The molecule has 19 heavy (non-hydrogen) atoms. The molecule has 0 spiro atoms. The summed E-state index contributed by atoms with van der Waals surface area (Å²) in [4.78, 5) is 24.7. The van der Waals surface area contributed by atoms with Crippen LogP contribution in [0.3, 0.4) is 0 Å². The Balaban J connectivity index is 1.76. The first-order valence-corrected chi connectivity index (χ1v) is 6.78. The standard InChI is InChI=1S/C13H18N4O2/c18-13(17-5-7-19-8-6-17)11-9-12(15-10-14-11)16-3-1-2-4-16/h9-10H,1-8H2. The fourth-order valence-electron chi connectivity index (χ4n) is 2.51. The van der Waals surface area contributed by atoms with Crippen LogP contribution in [0, 0.1) is 0 Å². The molecule has 0 radical (unpaired) electrons. The summed E-state index contributed by atoms with van der Waals surface area (Å²) in [5.74, 6) is 0.843. The summed E-state index contributed by atoms with van der Waals surface area (Å²) in [6, 6.07) is 1.81. The third-order valence-electron chi connectivity index (χ3n) is 3.60. The van der Waals surface area contributed by atoms with Crippen molar-refractivity contribution < 1.29 is 9.53 Å². The van der Waals surface area contributed by atoms with Gasteiger partial charge in [-0.2, -0.15) is 0 Å². The Labute approximate surface area is 112 Å². The average Bonchev–Trinajstić information content (AvgIpc) is 3.02. The summed E-state index contributed by atoms with van der Waals surface area (Å²) in [7, 11) is 0. The van der Waals surface area contributed by atoms with Crippen LogP contribution in [0.25, 0.3) is 0 Å². The van der Waals surface area contributed by atoms with E-state index in [1.54, 1.807) is 4.90 Å². The lowest BCUT2D eigenvalue weighted by molar-refractivity contribution is 0.0299. The fraction of sp³-hybridized carbons (Fsp3) is 0.615. The topological polar surface area (TPSA) is 58.6 Å². The lowest BCUT2D eigenvalue weighted by atomic mass is 10.3. The largest absolute Gasteiger partial charge is 0.378 e. The molecular weight excluding hydrogens is 244 g/mol. The lowest BCUT2D eigenvalue weighted by Crippen LogP contribution is -2.41. The van der Waals surface area contributed by atoms with E-state index in [0.29, 0.717) is 32.0 Å². The summed E-state index contributed by atoms with van der Waals surface area (Å²) in [6.45, 7) is 4.53. The zero-order valence-corrected chi connectivity index (χ0v) is 10.9. The smallest absolute Gasteiger partial charge is 0.272 e. The molecule has 6 heteroatoms. The van der Waals surface area contributed by atoms with Crippen molar-refractivity contribution in [3.8, 4) is 0 Å². The SMILES string of the molecule is O=C(c1cc(N2CCCC2)ncn1)N1CCOCC1. The number of rotatable bonds is 2. The number of carbonyl (C=O) groups is 1. The van der Waals surface area contributed by atoms with E-state index in [2.05, 4.69) is 14.9 Å². The molecule has 0 unspecified atom stereocenters. The van der Waals surface area contributed by atoms with Crippen LogP contribution in [0.2, 0.25) is 0 Å². The van der Waals surface area contributed by atoms with Gasteiger partial charge < -0.3 is 14.5 Å². The Kier molecular flexibility index (Phi) is 3.59. The number of aromatic nitrogens is 2. The molecular formula is C13H18N4O2. The monoisotopic (exact) mass is 262 g/mol. The number of morpholine rings is 1. The predicted octanol–water partition coefficient (Wildman–Crippen LogP) is 0.549. The van der Waals surface area contributed by atoms with Gasteiger partial charge in [0.2, 0.25) is 0 Å². The number of amides is 1. The van der Waals surface area contributed by atoms with Crippen molar-refractivity contribution in [3.05, 3.63) is 18.1 Å². The van der Waals surface area contributed by atoms with Gasteiger partial charge in [-0.3, -0.25) is 4.79 Å². The second-order valence-electron chi connectivity index (χ2n) is 4.86. The molecule has 0 atom stereocenters. The van der Waals surface area contributed by atoms with E-state index < -0.39 is 0 Å². The molecule has 6 nitrogen and oxygen atoms in total. The summed E-state index contributed by atoms with van der Waals surface area (Å²) >= 11 is 0. The highest BCUT2D eigenvalue weighted by atomic mass is 16.5. The van der Waals surface area contributed by atoms with Gasteiger partial charge in [-0.15, -0.1) is 0 Å². The first kappa shape index (κ1) is 12.3. The third-order valence-corrected chi connectivity index (χ3v) is 3.60. The van der Waals surface area contributed by atoms with Gasteiger partial charge in [0.05, 0.1) is 13.2 Å². The molecule has 2 aliphatic heterocycles. The van der Waals surface area contributed by atoms with Gasteiger partial charge in [0.25, 0.3) is 5.91 Å². The highest BCUT2D eigenvalue weighted by Gasteiger charge is 2.21. The second kappa shape index (κ2) is 5.52. The highest BCUT2D eigenvalue weighted by molar-refractivity contribution is 5.93. The molecule has 1 aromatic heterocycles. The quantitative estimate of drug-likeness (QED) is 0.779. The molecule has 0 saturated carbocycles. The van der Waals surface area contributed by atoms with Gasteiger partial charge in [-0.05, 0) is 12.8 Å². The minimum Gasteiger partial charge on any atom is -0.378 e. The first-order valence-electron chi connectivity index (χ1n) is 6.78. The maximum absolute atomic E-state index is 12.3. The summed E-state index contributed by atoms with van der Waals surface area (Å²) in [5.41, 5.74) is 0.485. The van der Waals surface area contributed by atoms with E-state index in [0.717, 1.165) is 18.9 Å². The van der Waals surface area contributed by atoms with Crippen molar-refractivity contribution in [3.63, 3.8) is 0 Å². The van der Waals surface area contributed by atoms with E-state index in [9.17, 15) is 4.79 Å². The molecule has 2 fully saturated rings. The van der Waals surface area contributed by atoms with Crippen LogP contribution in [0.5, 0.6) is 0 Å². The van der Waals surface area contributed by atoms with E-state index in [-0.39, 0.29) is 5.91 Å². The maximum Gasteiger partial charge on any atom is 0.272 e. The minimum absolute atomic E-state index is 0.0221. The Morgan fingerprint density at radius 1 is 1.11 bits per heavy atom. The molecule has 2 saturated heterocycles. The van der Waals surface area contributed by atoms with Crippen molar-refractivity contribution in [2.24, 2.45) is 0 Å². The summed E-state index contributed by atoms with van der Waals surface area (Å²) < 4.78 is 5.26. The van der Waals surface area contributed by atoms with Crippen molar-refractivity contribution in [1.82, 2.24) is 14.9 Å². The lowest BCUT2D eigenvalue weighted by Gasteiger charge is -2.26. The normalized spacial score (nSPS) is 19.8. The number of hydrogen-bond donors (Lipinski definition) is 0. The average molecular weight is 262 g/mol. The van der Waals surface area contributed by atoms with E-state index in [1.807, 2.05) is 6.07 Å². The van der Waals surface area contributed by atoms with Gasteiger partial charge >= 0.3 is 0 Å². The van der Waals surface area contributed by atoms with E-state index in [1.165, 1.54) is 19.2 Å². The number of nitrogens with zero attached hydrogens (tertiary/aromatic N) is 4. The zero-order valence-electron chi connectivity index (χ0n) is 10.9. The van der Waals surface area contributed by atoms with E-state index >= 15 is 0 Å². The molecule has 3 heterocycles. The molecule has 0 aromatic carbocycles. The summed E-state index contributed by atoms with van der Waals surface area (Å²) in [6.07, 6.45) is 3.87. The van der Waals surface area contributed by atoms with E-state index in [4.69, 9.17) is 4.74 Å². The zero-order chi connectivity index (χ0) is 13.1. The number of anilines is 1. The Hall–Kier alpha value is -1.69. The molecule has 0 bridgehead atoms. The van der Waals surface area contributed by atoms with Gasteiger partial charge in [0, 0.05) is 32.2 Å². The molecule has 0 aliphatic carbocycles. The highest BCUT2D eigenvalue weighted by Crippen LogP contribution is 2.18. The number of ether oxygens (including phenoxy) is 1. The summed E-state index contributed by atoms with van der Waals surface area (Å²) in [5, 5.41) is 0. The van der Waals surface area contributed by atoms with Crippen molar-refractivity contribution in [2.45, 2.75) is 12.8 Å². The Morgan fingerprint density at radius 3 is 2.58 bits per heavy atom. The fourth-order valence-corrected chi connectivity index (χ4v) is 2.51. The predicted molar refractivity (Wildman–Crippen MR) is 70.2 cm³/mol. The van der Waals surface area contributed by atoms with Crippen LogP contribution >= 0.6 is 0 Å². The van der Waals surface area contributed by atoms with Crippen LogP contribution in [-0.2, 0) is 4.74 Å². The molecule has 1 amide bonds. The van der Waals surface area contributed by atoms with Gasteiger partial charge in [-0.25, -0.2) is 9.97 Å². The van der Waals surface area contributed by atoms with Crippen LogP contribution in [0.15, 0.2) is 12.4 Å². The molecule has 0 N–H and O–H groups in total. The van der Waals surface area contributed by atoms with Crippen molar-refractivity contribution in [2.75, 3.05) is 44.3 Å². The van der Waals surface area contributed by atoms with Crippen molar-refractivity contribution in [1.29, 1.82) is 0 Å². The molecule has 1 aromatic rings. The second-order valence-corrected chi connectivity index (χ2v) is 4.86. The van der Waals surface area contributed by atoms with Crippen LogP contribution < -0.4 is 4.90 Å². The Bertz CT molecular complexity index is 454. The number of hydrogen-bond acceptors (Lipinski definition) is 5. The minimum atomic E-state index is -0.0221. The Morgan fingerprint density at radius 2 is 1.84 bits per heavy atom. The maximum atomic E-state index is 12.3. The van der Waals surface area contributed by atoms with Crippen molar-refractivity contribution >= 4 is 11.7 Å². The van der Waals surface area contributed by atoms with Gasteiger partial charge in [0.15, 0.2) is 0 Å². The first-order chi connectivity index (χ1) is 9.34. The van der Waals surface area contributed by atoms with Crippen LogP contribution in [0.1, 0.15) is 23.3 Å².